The minimum atomic E-state index is -1.45. The molecule has 1 aliphatic carbocycles. The van der Waals surface area contributed by atoms with Gasteiger partial charge in [0, 0.05) is 0 Å². The van der Waals surface area contributed by atoms with E-state index >= 15 is 0 Å². The van der Waals surface area contributed by atoms with E-state index in [0.29, 0.717) is 0 Å². The molecule has 1 atom stereocenters. The Morgan fingerprint density at radius 2 is 1.11 bits per heavy atom. The van der Waals surface area contributed by atoms with Crippen molar-refractivity contribution in [1.82, 2.24) is 0 Å². The molecule has 3 aromatic rings. The van der Waals surface area contributed by atoms with Crippen LogP contribution in [0.5, 0.6) is 0 Å². The standard InChI is InChI=1S/C22H19Si.3ClH.Ti/c1-17-21-15-9-8-10-18(21)16-22(17)23(19-11-4-2-5-12-19)20-13-6-3-7-14-20;;;;/h2-16,23H,1H3;3*1H;/q;;;;+3/p-3. The summed E-state index contributed by atoms with van der Waals surface area (Å²) in [5, 5.41) is 4.60. The van der Waals surface area contributed by atoms with Crippen molar-refractivity contribution >= 4 is 25.2 Å². The van der Waals surface area contributed by atoms with Crippen LogP contribution in [0.1, 0.15) is 18.1 Å². The molecule has 27 heavy (non-hydrogen) atoms. The summed E-state index contributed by atoms with van der Waals surface area (Å²) in [7, 11) is -1.45. The van der Waals surface area contributed by atoms with Crippen molar-refractivity contribution in [2.45, 2.75) is 10.6 Å². The Bertz CT molecular complexity index is 856. The molecular weight excluding hydrogens is 447 g/mol. The monoisotopic (exact) mass is 464 g/mol. The van der Waals surface area contributed by atoms with Crippen LogP contribution in [0, 0.1) is 0 Å². The maximum atomic E-state index is 2.46. The smallest absolute Gasteiger partial charge is 1.00 e. The summed E-state index contributed by atoms with van der Waals surface area (Å²) in [5.41, 5.74) is 2.85. The predicted octanol–water partition coefficient (Wildman–Crippen LogP) is -5.56. The van der Waals surface area contributed by atoms with Gasteiger partial charge in [0.1, 0.15) is 0 Å². The predicted molar refractivity (Wildman–Crippen MR) is 101 cm³/mol. The normalized spacial score (nSPS) is 17.1. The maximum Gasteiger partial charge on any atom is -1.00 e. The number of allylic oxidation sites excluding steroid dienone is 1. The molecule has 3 aromatic carbocycles. The van der Waals surface area contributed by atoms with E-state index in [1.807, 2.05) is 0 Å². The zero-order chi connectivity index (χ0) is 16.6. The van der Waals surface area contributed by atoms with Crippen LogP contribution in [0.15, 0.2) is 90.1 Å². The van der Waals surface area contributed by atoms with Gasteiger partial charge in [-0.05, 0) is 0 Å². The Morgan fingerprint density at radius 1 is 0.667 bits per heavy atom. The molecule has 136 valence electrons. The van der Waals surface area contributed by atoms with Gasteiger partial charge >= 0.3 is 158 Å². The third-order valence-electron chi connectivity index (χ3n) is 4.96. The van der Waals surface area contributed by atoms with Crippen molar-refractivity contribution in [2.75, 3.05) is 0 Å². The zero-order valence-corrected chi connectivity index (χ0v) is 19.9. The Balaban J connectivity index is 0.00000121. The van der Waals surface area contributed by atoms with Crippen molar-refractivity contribution in [1.29, 1.82) is 0 Å². The van der Waals surface area contributed by atoms with Gasteiger partial charge in [0.15, 0.2) is 0 Å². The van der Waals surface area contributed by atoms with E-state index in [4.69, 9.17) is 0 Å². The van der Waals surface area contributed by atoms with Crippen LogP contribution in [-0.4, -0.2) is 8.80 Å². The summed E-state index contributed by atoms with van der Waals surface area (Å²) in [6.07, 6.45) is 2.46. The van der Waals surface area contributed by atoms with Gasteiger partial charge in [0.25, 0.3) is 0 Å². The second kappa shape index (κ2) is 10.1. The second-order valence-electron chi connectivity index (χ2n) is 6.57. The summed E-state index contributed by atoms with van der Waals surface area (Å²) in [5.74, 6) is 0. The van der Waals surface area contributed by atoms with Crippen LogP contribution >= 0.6 is 0 Å². The average molecular weight is 466 g/mol. The number of fused-ring (bicyclic) bond motifs is 1. The van der Waals surface area contributed by atoms with Crippen molar-refractivity contribution in [2.24, 2.45) is 0 Å². The van der Waals surface area contributed by atoms with Gasteiger partial charge < -0.3 is 37.2 Å². The first-order chi connectivity index (χ1) is 11.7. The minimum absolute atomic E-state index is 0. The van der Waals surface area contributed by atoms with Crippen molar-refractivity contribution in [3.63, 3.8) is 0 Å². The summed E-state index contributed by atoms with van der Waals surface area (Å²) in [4.78, 5) is 0. The third kappa shape index (κ3) is 4.62. The van der Waals surface area contributed by atoms with E-state index in [1.54, 1.807) is 5.20 Å². The van der Waals surface area contributed by atoms with Crippen molar-refractivity contribution < 1.29 is 57.7 Å². The first-order valence-electron chi connectivity index (χ1n) is 8.34. The molecule has 0 saturated heterocycles. The number of rotatable bonds is 3. The molecule has 0 heterocycles. The van der Waals surface area contributed by atoms with E-state index in [1.165, 1.54) is 21.5 Å². The van der Waals surface area contributed by atoms with E-state index < -0.39 is 8.80 Å². The summed E-state index contributed by atoms with van der Waals surface area (Å²) < 4.78 is 0.0964. The molecule has 0 fully saturated rings. The van der Waals surface area contributed by atoms with Crippen molar-refractivity contribution in [3.05, 3.63) is 101 Å². The quantitative estimate of drug-likeness (QED) is 0.339. The maximum absolute atomic E-state index is 2.46. The van der Waals surface area contributed by atoms with Crippen LogP contribution in [0.4, 0.5) is 0 Å². The zero-order valence-electron chi connectivity index (χ0n) is 14.9. The molecule has 0 spiro atoms. The van der Waals surface area contributed by atoms with E-state index in [2.05, 4.69) is 118 Å². The molecule has 0 nitrogen and oxygen atoms in total. The second-order valence-corrected chi connectivity index (χ2v) is 10.9. The van der Waals surface area contributed by atoms with Crippen LogP contribution in [-0.2, 0) is 24.2 Å². The first-order valence-corrected chi connectivity index (χ1v) is 10.9. The van der Waals surface area contributed by atoms with Crippen LogP contribution in [0.3, 0.4) is 0 Å². The van der Waals surface area contributed by atoms with Gasteiger partial charge in [-0.25, -0.2) is 0 Å². The first kappa shape index (κ1) is 24.2. The van der Waals surface area contributed by atoms with E-state index in [-0.39, 0.29) is 40.9 Å². The molecule has 5 heteroatoms. The van der Waals surface area contributed by atoms with E-state index in [0.717, 1.165) is 0 Å². The molecular formula is C22H19Cl3SiTi. The number of benzene rings is 3. The molecule has 0 aliphatic heterocycles. The van der Waals surface area contributed by atoms with Crippen LogP contribution < -0.4 is 47.6 Å². The molecule has 0 bridgehead atoms. The van der Waals surface area contributed by atoms with Crippen LogP contribution in [0.2, 0.25) is 0 Å². The van der Waals surface area contributed by atoms with Gasteiger partial charge in [-0.2, -0.15) is 0 Å². The summed E-state index contributed by atoms with van der Waals surface area (Å²) in [6.45, 7) is 2.39. The fourth-order valence-electron chi connectivity index (χ4n) is 3.76. The molecule has 0 saturated carbocycles. The average Bonchev–Trinajstić information content (AvgIpc) is 2.89. The summed E-state index contributed by atoms with van der Waals surface area (Å²) in [6, 6.07) is 31.0. The fourth-order valence-corrected chi connectivity index (χ4v) is 8.30. The Kier molecular flexibility index (Phi) is 9.08. The van der Waals surface area contributed by atoms with Gasteiger partial charge in [-0.3, -0.25) is 0 Å². The molecule has 0 amide bonds. The third-order valence-corrected chi connectivity index (χ3v) is 9.76. The van der Waals surface area contributed by atoms with Gasteiger partial charge in [-0.1, -0.05) is 0 Å². The molecule has 0 radical (unpaired) electrons. The van der Waals surface area contributed by atoms with Gasteiger partial charge in [0.05, 0.1) is 0 Å². The molecule has 1 unspecified atom stereocenters. The molecule has 0 N–H and O–H groups in total. The molecule has 0 aromatic heterocycles. The number of hydrogen-bond acceptors (Lipinski definition) is 0. The van der Waals surface area contributed by atoms with Gasteiger partial charge in [-0.15, -0.1) is 0 Å². The van der Waals surface area contributed by atoms with Crippen molar-refractivity contribution in [3.8, 4) is 0 Å². The number of hydrogen-bond donors (Lipinski definition) is 0. The largest absolute Gasteiger partial charge is 1.00 e. The molecule has 4 rings (SSSR count). The molecule has 1 aliphatic rings. The van der Waals surface area contributed by atoms with Gasteiger partial charge in [0.2, 0.25) is 0 Å². The Labute approximate surface area is 193 Å². The summed E-state index contributed by atoms with van der Waals surface area (Å²) >= 11 is 2.39. The fraction of sp³-hybridized carbons (Fsp3) is 0.0909. The Hall–Kier alpha value is -0.799. The minimum Gasteiger partial charge on any atom is -1.00 e. The number of halogens is 3. The van der Waals surface area contributed by atoms with E-state index in [9.17, 15) is 0 Å². The van der Waals surface area contributed by atoms with Crippen LogP contribution in [0.25, 0.3) is 6.08 Å². The Morgan fingerprint density at radius 3 is 1.59 bits per heavy atom. The topological polar surface area (TPSA) is 0 Å². The SMILES string of the molecule is C[C]1([Ti+3])C([SiH](c2ccccc2)c2ccccc2)=Cc2ccccc21.[Cl-].[Cl-].[Cl-].